The van der Waals surface area contributed by atoms with E-state index in [1.807, 2.05) is 0 Å². The molecule has 0 aliphatic rings. The summed E-state index contributed by atoms with van der Waals surface area (Å²) in [6.07, 6.45) is 3.04. The summed E-state index contributed by atoms with van der Waals surface area (Å²) >= 11 is 0. The minimum absolute atomic E-state index is 0.0390. The number of carbonyl (C=O) groups excluding carboxylic acids is 1. The fourth-order valence-corrected chi connectivity index (χ4v) is 1.32. The molecule has 0 aliphatic carbocycles. The van der Waals surface area contributed by atoms with E-state index in [0.717, 1.165) is 0 Å². The number of aromatic nitrogens is 2. The first-order valence-electron chi connectivity index (χ1n) is 6.30. The van der Waals surface area contributed by atoms with Gasteiger partial charge >= 0.3 is 5.97 Å². The highest BCUT2D eigenvalue weighted by molar-refractivity contribution is 5.69. The topological polar surface area (TPSA) is 97.8 Å². The second-order valence-corrected chi connectivity index (χ2v) is 3.91. The molecular weight excluding hydrogens is 266 g/mol. The van der Waals surface area contributed by atoms with Gasteiger partial charge in [-0.15, -0.1) is 0 Å². The van der Waals surface area contributed by atoms with Crippen LogP contribution >= 0.6 is 0 Å². The first-order chi connectivity index (χ1) is 9.72. The number of nitrogen functional groups attached to an aromatic ring is 1. The van der Waals surface area contributed by atoms with E-state index in [2.05, 4.69) is 5.10 Å². The number of nitrogens with zero attached hydrogens (tertiary/aromatic N) is 2. The summed E-state index contributed by atoms with van der Waals surface area (Å²) in [6.45, 7) is 2.63. The molecule has 0 unspecified atom stereocenters. The fourth-order valence-electron chi connectivity index (χ4n) is 1.32. The Labute approximate surface area is 117 Å². The van der Waals surface area contributed by atoms with Crippen LogP contribution in [0, 0.1) is 0 Å². The minimum Gasteiger partial charge on any atom is -0.462 e. The van der Waals surface area contributed by atoms with Gasteiger partial charge in [-0.1, -0.05) is 0 Å². The number of esters is 1. The number of nitrogens with two attached hydrogens (primary N) is 1. The van der Waals surface area contributed by atoms with E-state index >= 15 is 0 Å². The van der Waals surface area contributed by atoms with Gasteiger partial charge in [0, 0.05) is 13.3 Å². The summed E-state index contributed by atoms with van der Waals surface area (Å²) < 4.78 is 21.7. The number of rotatable bonds is 11. The van der Waals surface area contributed by atoms with Gasteiger partial charge < -0.3 is 24.7 Å². The van der Waals surface area contributed by atoms with Crippen molar-refractivity contribution in [1.82, 2.24) is 9.78 Å². The van der Waals surface area contributed by atoms with E-state index in [0.29, 0.717) is 38.7 Å². The summed E-state index contributed by atoms with van der Waals surface area (Å²) in [5.74, 6) is -0.381. The fraction of sp³-hybridized carbons (Fsp3) is 0.667. The Hall–Kier alpha value is -1.64. The molecule has 114 valence electrons. The van der Waals surface area contributed by atoms with Crippen molar-refractivity contribution in [3.05, 3.63) is 12.4 Å². The van der Waals surface area contributed by atoms with E-state index in [1.54, 1.807) is 13.3 Å². The number of ether oxygens (including phenoxy) is 4. The molecule has 0 atom stereocenters. The zero-order valence-corrected chi connectivity index (χ0v) is 11.6. The van der Waals surface area contributed by atoms with E-state index in [9.17, 15) is 4.79 Å². The number of hydrogen-bond acceptors (Lipinski definition) is 7. The largest absolute Gasteiger partial charge is 0.462 e. The molecule has 0 fully saturated rings. The molecule has 0 radical (unpaired) electrons. The molecule has 20 heavy (non-hydrogen) atoms. The quantitative estimate of drug-likeness (QED) is 0.440. The molecule has 0 aromatic carbocycles. The number of anilines is 1. The molecule has 8 heteroatoms. The van der Waals surface area contributed by atoms with E-state index in [4.69, 9.17) is 24.7 Å². The zero-order valence-electron chi connectivity index (χ0n) is 11.6. The van der Waals surface area contributed by atoms with Crippen LogP contribution in [0.25, 0.3) is 0 Å². The van der Waals surface area contributed by atoms with Gasteiger partial charge in [0.2, 0.25) is 0 Å². The van der Waals surface area contributed by atoms with Gasteiger partial charge in [-0.3, -0.25) is 9.48 Å². The summed E-state index contributed by atoms with van der Waals surface area (Å²) in [6, 6.07) is 0. The average Bonchev–Trinajstić information content (AvgIpc) is 2.82. The minimum atomic E-state index is -0.381. The Kier molecular flexibility index (Phi) is 8.36. The van der Waals surface area contributed by atoms with Crippen molar-refractivity contribution in [2.75, 3.05) is 52.5 Å². The Morgan fingerprint density at radius 1 is 1.20 bits per heavy atom. The third-order valence-corrected chi connectivity index (χ3v) is 2.24. The number of carbonyl (C=O) groups is 1. The van der Waals surface area contributed by atoms with Crippen LogP contribution in [0.3, 0.4) is 0 Å². The molecule has 1 rings (SSSR count). The van der Waals surface area contributed by atoms with Gasteiger partial charge in [0.15, 0.2) is 0 Å². The molecule has 1 heterocycles. The first kappa shape index (κ1) is 16.4. The predicted octanol–water partition coefficient (Wildman–Crippen LogP) is -0.312. The molecular formula is C12H21N3O5. The normalized spacial score (nSPS) is 10.7. The highest BCUT2D eigenvalue weighted by Gasteiger charge is 2.04. The SMILES string of the molecule is COCCOCCOCCOC(=O)Cn1cc(N)cn1. The van der Waals surface area contributed by atoms with Crippen molar-refractivity contribution in [1.29, 1.82) is 0 Å². The Balaban J connectivity index is 1.92. The Morgan fingerprint density at radius 3 is 2.45 bits per heavy atom. The molecule has 0 spiro atoms. The maximum Gasteiger partial charge on any atom is 0.327 e. The van der Waals surface area contributed by atoms with Crippen molar-refractivity contribution in [3.63, 3.8) is 0 Å². The standard InChI is InChI=1S/C12H21N3O5/c1-17-2-3-18-4-5-19-6-7-20-12(16)10-15-9-11(13)8-14-15/h8-9H,2-7,10,13H2,1H3. The molecule has 0 aliphatic heterocycles. The van der Waals surface area contributed by atoms with E-state index < -0.39 is 0 Å². The van der Waals surface area contributed by atoms with Crippen LogP contribution in [0.1, 0.15) is 0 Å². The van der Waals surface area contributed by atoms with Crippen LogP contribution in [-0.4, -0.2) is 62.5 Å². The maximum atomic E-state index is 11.4. The van der Waals surface area contributed by atoms with Crippen LogP contribution in [0.2, 0.25) is 0 Å². The molecule has 1 aromatic heterocycles. The van der Waals surface area contributed by atoms with E-state index in [-0.39, 0.29) is 19.1 Å². The van der Waals surface area contributed by atoms with Crippen molar-refractivity contribution in [2.45, 2.75) is 6.54 Å². The van der Waals surface area contributed by atoms with Crippen LogP contribution in [0.15, 0.2) is 12.4 Å². The number of hydrogen-bond donors (Lipinski definition) is 1. The van der Waals surface area contributed by atoms with Crippen LogP contribution in [0.4, 0.5) is 5.69 Å². The lowest BCUT2D eigenvalue weighted by Gasteiger charge is -2.07. The third-order valence-electron chi connectivity index (χ3n) is 2.24. The lowest BCUT2D eigenvalue weighted by atomic mass is 10.6. The van der Waals surface area contributed by atoms with Crippen molar-refractivity contribution in [3.8, 4) is 0 Å². The van der Waals surface area contributed by atoms with Gasteiger partial charge in [0.1, 0.15) is 13.2 Å². The summed E-state index contributed by atoms with van der Waals surface area (Å²) in [4.78, 5) is 11.4. The molecule has 0 amide bonds. The Morgan fingerprint density at radius 2 is 1.85 bits per heavy atom. The average molecular weight is 287 g/mol. The van der Waals surface area contributed by atoms with Crippen LogP contribution in [-0.2, 0) is 30.3 Å². The van der Waals surface area contributed by atoms with Crippen LogP contribution < -0.4 is 5.73 Å². The molecule has 2 N–H and O–H groups in total. The second kappa shape index (κ2) is 10.2. The highest BCUT2D eigenvalue weighted by Crippen LogP contribution is 1.97. The monoisotopic (exact) mass is 287 g/mol. The zero-order chi connectivity index (χ0) is 14.6. The molecule has 0 saturated heterocycles. The van der Waals surface area contributed by atoms with Crippen molar-refractivity contribution < 1.29 is 23.7 Å². The van der Waals surface area contributed by atoms with Gasteiger partial charge in [-0.25, -0.2) is 0 Å². The number of methoxy groups -OCH3 is 1. The molecule has 1 aromatic rings. The van der Waals surface area contributed by atoms with Crippen molar-refractivity contribution in [2.24, 2.45) is 0 Å². The van der Waals surface area contributed by atoms with Gasteiger partial charge in [0.05, 0.1) is 44.9 Å². The van der Waals surface area contributed by atoms with Crippen LogP contribution in [0.5, 0.6) is 0 Å². The van der Waals surface area contributed by atoms with E-state index in [1.165, 1.54) is 10.9 Å². The smallest absolute Gasteiger partial charge is 0.327 e. The predicted molar refractivity (Wildman–Crippen MR) is 71.1 cm³/mol. The lowest BCUT2D eigenvalue weighted by molar-refractivity contribution is -0.146. The van der Waals surface area contributed by atoms with Crippen molar-refractivity contribution >= 4 is 11.7 Å². The van der Waals surface area contributed by atoms with Gasteiger partial charge in [0.25, 0.3) is 0 Å². The molecule has 0 bridgehead atoms. The third kappa shape index (κ3) is 7.72. The molecule has 0 saturated carbocycles. The summed E-state index contributed by atoms with van der Waals surface area (Å²) in [5.41, 5.74) is 5.99. The summed E-state index contributed by atoms with van der Waals surface area (Å²) in [7, 11) is 1.62. The Bertz CT molecular complexity index is 383. The van der Waals surface area contributed by atoms with Gasteiger partial charge in [-0.05, 0) is 0 Å². The van der Waals surface area contributed by atoms with Gasteiger partial charge in [-0.2, -0.15) is 5.10 Å². The first-order valence-corrected chi connectivity index (χ1v) is 6.30. The molecule has 8 nitrogen and oxygen atoms in total. The second-order valence-electron chi connectivity index (χ2n) is 3.91. The summed E-state index contributed by atoms with van der Waals surface area (Å²) in [5, 5.41) is 3.88. The lowest BCUT2D eigenvalue weighted by Crippen LogP contribution is -2.17. The maximum absolute atomic E-state index is 11.4. The highest BCUT2D eigenvalue weighted by atomic mass is 16.6.